The van der Waals surface area contributed by atoms with Gasteiger partial charge in [0, 0.05) is 31.2 Å². The van der Waals surface area contributed by atoms with Gasteiger partial charge in [0.2, 0.25) is 0 Å². The van der Waals surface area contributed by atoms with E-state index in [1.54, 1.807) is 0 Å². The van der Waals surface area contributed by atoms with Gasteiger partial charge in [0.15, 0.2) is 0 Å². The molecular weight excluding hydrogens is 256 g/mol. The number of piperazine rings is 1. The van der Waals surface area contributed by atoms with Crippen LogP contribution in [0, 0.1) is 11.8 Å². The molecule has 1 aromatic rings. The summed E-state index contributed by atoms with van der Waals surface area (Å²) in [5.74, 6) is 2.02. The van der Waals surface area contributed by atoms with Crippen molar-refractivity contribution in [3.63, 3.8) is 0 Å². The normalized spacial score (nSPS) is 39.8. The van der Waals surface area contributed by atoms with Crippen LogP contribution < -0.4 is 5.32 Å². The molecule has 5 atom stereocenters. The van der Waals surface area contributed by atoms with Crippen molar-refractivity contribution < 1.29 is 0 Å². The minimum absolute atomic E-state index is 0.582. The van der Waals surface area contributed by atoms with Gasteiger partial charge in [0.05, 0.1) is 0 Å². The Morgan fingerprint density at radius 3 is 2.67 bits per heavy atom. The van der Waals surface area contributed by atoms with Crippen LogP contribution in [-0.2, 0) is 0 Å². The van der Waals surface area contributed by atoms with E-state index in [0.717, 1.165) is 24.4 Å². The molecule has 1 N–H and O–H groups in total. The van der Waals surface area contributed by atoms with Gasteiger partial charge in [-0.05, 0) is 43.1 Å². The van der Waals surface area contributed by atoms with Gasteiger partial charge in [0.25, 0.3) is 0 Å². The lowest BCUT2D eigenvalue weighted by Crippen LogP contribution is -2.56. The van der Waals surface area contributed by atoms with Crippen molar-refractivity contribution in [2.75, 3.05) is 13.1 Å². The highest BCUT2D eigenvalue weighted by Gasteiger charge is 2.45. The minimum Gasteiger partial charge on any atom is -0.311 e. The summed E-state index contributed by atoms with van der Waals surface area (Å²) in [5.41, 5.74) is 1.50. The first-order chi connectivity index (χ1) is 10.3. The third kappa shape index (κ3) is 2.53. The number of hydrogen-bond donors (Lipinski definition) is 1. The molecule has 21 heavy (non-hydrogen) atoms. The second kappa shape index (κ2) is 5.73. The van der Waals surface area contributed by atoms with Crippen LogP contribution in [0.4, 0.5) is 0 Å². The Labute approximate surface area is 128 Å². The molecule has 5 unspecified atom stereocenters. The second-order valence-electron chi connectivity index (χ2n) is 7.38. The van der Waals surface area contributed by atoms with Crippen molar-refractivity contribution in [2.45, 2.75) is 57.2 Å². The van der Waals surface area contributed by atoms with Crippen molar-refractivity contribution in [3.8, 4) is 0 Å². The van der Waals surface area contributed by atoms with Gasteiger partial charge in [-0.15, -0.1) is 0 Å². The lowest BCUT2D eigenvalue weighted by molar-refractivity contribution is 0.0513. The predicted octanol–water partition coefficient (Wildman–Crippen LogP) is 3.60. The molecule has 1 saturated heterocycles. The maximum absolute atomic E-state index is 3.77. The van der Waals surface area contributed by atoms with Gasteiger partial charge in [-0.2, -0.15) is 0 Å². The fourth-order valence-corrected chi connectivity index (χ4v) is 5.08. The molecule has 2 bridgehead atoms. The van der Waals surface area contributed by atoms with Crippen LogP contribution in [-0.4, -0.2) is 30.1 Å². The molecule has 0 amide bonds. The summed E-state index contributed by atoms with van der Waals surface area (Å²) in [6.45, 7) is 4.68. The first-order valence-electron chi connectivity index (χ1n) is 8.89. The summed E-state index contributed by atoms with van der Waals surface area (Å²) in [6.07, 6.45) is 7.20. The van der Waals surface area contributed by atoms with Gasteiger partial charge in [0.1, 0.15) is 0 Å². The Balaban J connectivity index is 1.59. The van der Waals surface area contributed by atoms with E-state index in [4.69, 9.17) is 0 Å². The first kappa shape index (κ1) is 13.8. The topological polar surface area (TPSA) is 15.3 Å². The van der Waals surface area contributed by atoms with Crippen molar-refractivity contribution >= 4 is 0 Å². The molecule has 0 spiro atoms. The zero-order valence-corrected chi connectivity index (χ0v) is 13.2. The van der Waals surface area contributed by atoms with Crippen LogP contribution in [0.3, 0.4) is 0 Å². The number of hydrogen-bond acceptors (Lipinski definition) is 2. The molecule has 0 radical (unpaired) electrons. The molecule has 2 nitrogen and oxygen atoms in total. The zero-order chi connectivity index (χ0) is 14.2. The molecule has 2 heteroatoms. The molecule has 2 saturated carbocycles. The summed E-state index contributed by atoms with van der Waals surface area (Å²) in [5, 5.41) is 3.77. The Hall–Kier alpha value is -0.860. The van der Waals surface area contributed by atoms with E-state index in [1.165, 1.54) is 44.2 Å². The monoisotopic (exact) mass is 284 g/mol. The van der Waals surface area contributed by atoms with Crippen molar-refractivity contribution in [3.05, 3.63) is 35.9 Å². The summed E-state index contributed by atoms with van der Waals surface area (Å²) in [6, 6.07) is 13.3. The molecule has 2 aliphatic carbocycles. The van der Waals surface area contributed by atoms with E-state index in [0.29, 0.717) is 12.1 Å². The average molecular weight is 284 g/mol. The van der Waals surface area contributed by atoms with Gasteiger partial charge in [-0.1, -0.05) is 43.7 Å². The number of benzene rings is 1. The fourth-order valence-electron chi connectivity index (χ4n) is 5.08. The third-order valence-electron chi connectivity index (χ3n) is 6.24. The Kier molecular flexibility index (Phi) is 3.76. The van der Waals surface area contributed by atoms with E-state index >= 15 is 0 Å². The minimum atomic E-state index is 0.582. The summed E-state index contributed by atoms with van der Waals surface area (Å²) in [7, 11) is 0. The van der Waals surface area contributed by atoms with Crippen molar-refractivity contribution in [1.29, 1.82) is 0 Å². The Bertz CT molecular complexity index is 472. The molecule has 1 aliphatic heterocycles. The summed E-state index contributed by atoms with van der Waals surface area (Å²) < 4.78 is 0. The molecule has 1 heterocycles. The van der Waals surface area contributed by atoms with Crippen LogP contribution >= 0.6 is 0 Å². The fraction of sp³-hybridized carbons (Fsp3) is 0.684. The Morgan fingerprint density at radius 2 is 2.00 bits per heavy atom. The summed E-state index contributed by atoms with van der Waals surface area (Å²) in [4.78, 5) is 2.88. The quantitative estimate of drug-likeness (QED) is 0.912. The molecule has 4 rings (SSSR count). The standard InChI is InChI=1S/C19H28N2/c1-2-17-13-21(18-11-14-8-9-16(18)10-14)19(12-20-17)15-6-4-3-5-7-15/h3-7,14,16-20H,2,8-13H2,1H3. The van der Waals surface area contributed by atoms with Crippen molar-refractivity contribution in [1.82, 2.24) is 10.2 Å². The third-order valence-corrected chi connectivity index (χ3v) is 6.24. The van der Waals surface area contributed by atoms with Crippen LogP contribution in [0.2, 0.25) is 0 Å². The highest BCUT2D eigenvalue weighted by Crippen LogP contribution is 2.48. The SMILES string of the molecule is CCC1CN(C2CC3CCC2C3)C(c2ccccc2)CN1. The average Bonchev–Trinajstić information content (AvgIpc) is 3.18. The number of nitrogens with one attached hydrogen (secondary N) is 1. The van der Waals surface area contributed by atoms with Crippen molar-refractivity contribution in [2.24, 2.45) is 11.8 Å². The lowest BCUT2D eigenvalue weighted by Gasteiger charge is -2.46. The van der Waals surface area contributed by atoms with Crippen LogP contribution in [0.25, 0.3) is 0 Å². The molecular formula is C19H28N2. The Morgan fingerprint density at radius 1 is 1.14 bits per heavy atom. The maximum Gasteiger partial charge on any atom is 0.0476 e. The van der Waals surface area contributed by atoms with Crippen LogP contribution in [0.5, 0.6) is 0 Å². The smallest absolute Gasteiger partial charge is 0.0476 e. The zero-order valence-electron chi connectivity index (χ0n) is 13.2. The van der Waals surface area contributed by atoms with E-state index < -0.39 is 0 Å². The molecule has 1 aromatic carbocycles. The largest absolute Gasteiger partial charge is 0.311 e. The number of rotatable bonds is 3. The van der Waals surface area contributed by atoms with Gasteiger partial charge >= 0.3 is 0 Å². The maximum atomic E-state index is 3.77. The predicted molar refractivity (Wildman–Crippen MR) is 87.2 cm³/mol. The van der Waals surface area contributed by atoms with Crippen LogP contribution in [0.15, 0.2) is 30.3 Å². The van der Waals surface area contributed by atoms with E-state index in [1.807, 2.05) is 0 Å². The molecule has 3 aliphatic rings. The molecule has 0 aromatic heterocycles. The van der Waals surface area contributed by atoms with E-state index in [9.17, 15) is 0 Å². The number of fused-ring (bicyclic) bond motifs is 2. The van der Waals surface area contributed by atoms with Gasteiger partial charge in [-0.25, -0.2) is 0 Å². The highest BCUT2D eigenvalue weighted by molar-refractivity contribution is 5.21. The lowest BCUT2D eigenvalue weighted by atomic mass is 9.89. The molecule has 3 fully saturated rings. The van der Waals surface area contributed by atoms with Crippen LogP contribution in [0.1, 0.15) is 50.6 Å². The molecule has 114 valence electrons. The first-order valence-corrected chi connectivity index (χ1v) is 8.89. The number of nitrogens with zero attached hydrogens (tertiary/aromatic N) is 1. The van der Waals surface area contributed by atoms with E-state index in [2.05, 4.69) is 47.5 Å². The van der Waals surface area contributed by atoms with Gasteiger partial charge < -0.3 is 5.32 Å². The highest BCUT2D eigenvalue weighted by atomic mass is 15.3. The van der Waals surface area contributed by atoms with E-state index in [-0.39, 0.29) is 0 Å². The summed E-state index contributed by atoms with van der Waals surface area (Å²) >= 11 is 0. The second-order valence-corrected chi connectivity index (χ2v) is 7.38. The van der Waals surface area contributed by atoms with Gasteiger partial charge in [-0.3, -0.25) is 4.90 Å².